The average molecular weight is 391 g/mol. The molecule has 0 bridgehead atoms. The number of sulfone groups is 1. The van der Waals surface area contributed by atoms with Gasteiger partial charge in [0.05, 0.1) is 17.6 Å². The van der Waals surface area contributed by atoms with E-state index in [9.17, 15) is 13.2 Å². The van der Waals surface area contributed by atoms with Gasteiger partial charge in [0, 0.05) is 31.6 Å². The Morgan fingerprint density at radius 3 is 2.70 bits per heavy atom. The fourth-order valence-corrected chi connectivity index (χ4v) is 5.61. The molecule has 2 aromatic rings. The van der Waals surface area contributed by atoms with Crippen LogP contribution in [0.5, 0.6) is 0 Å². The van der Waals surface area contributed by atoms with Crippen molar-refractivity contribution in [3.8, 4) is 0 Å². The molecule has 4 rings (SSSR count). The number of carbonyl (C=O) groups is 1. The van der Waals surface area contributed by atoms with Gasteiger partial charge in [0.15, 0.2) is 5.65 Å². The first-order valence-electron chi connectivity index (χ1n) is 9.70. The third-order valence-corrected chi connectivity index (χ3v) is 6.80. The molecule has 3 heterocycles. The summed E-state index contributed by atoms with van der Waals surface area (Å²) < 4.78 is 25.3. The van der Waals surface area contributed by atoms with Crippen molar-refractivity contribution in [2.75, 3.05) is 25.1 Å². The molecule has 2 fully saturated rings. The fourth-order valence-electron chi connectivity index (χ4n) is 4.48. The summed E-state index contributed by atoms with van der Waals surface area (Å²) in [5, 5.41) is 0. The molecule has 1 atom stereocenters. The topological polar surface area (TPSA) is 85.2 Å². The van der Waals surface area contributed by atoms with Gasteiger partial charge in [0.1, 0.15) is 15.4 Å². The van der Waals surface area contributed by atoms with Crippen LogP contribution in [0.1, 0.15) is 54.9 Å². The normalized spacial score (nSPS) is 21.8. The number of carbonyl (C=O) groups excluding carboxylic acids is 1. The molecular formula is C19H26N4O3S. The van der Waals surface area contributed by atoms with Crippen LogP contribution < -0.4 is 0 Å². The number of amides is 1. The molecule has 1 amide bonds. The van der Waals surface area contributed by atoms with Crippen molar-refractivity contribution in [2.24, 2.45) is 5.92 Å². The molecule has 2 aliphatic rings. The maximum Gasteiger partial charge on any atom is 0.255 e. The number of rotatable bonds is 4. The lowest BCUT2D eigenvalue weighted by Gasteiger charge is -2.32. The summed E-state index contributed by atoms with van der Waals surface area (Å²) in [4.78, 5) is 23.7. The van der Waals surface area contributed by atoms with E-state index in [-0.39, 0.29) is 17.6 Å². The highest BCUT2D eigenvalue weighted by Gasteiger charge is 2.27. The molecular weight excluding hydrogens is 364 g/mol. The molecule has 2 aromatic heterocycles. The Hall–Kier alpha value is -1.96. The summed E-state index contributed by atoms with van der Waals surface area (Å²) in [6.07, 6.45) is 11.2. The van der Waals surface area contributed by atoms with Crippen LogP contribution in [0.2, 0.25) is 0 Å². The van der Waals surface area contributed by atoms with Gasteiger partial charge >= 0.3 is 0 Å². The van der Waals surface area contributed by atoms with Gasteiger partial charge < -0.3 is 9.47 Å². The highest BCUT2D eigenvalue weighted by Crippen LogP contribution is 2.31. The zero-order chi connectivity index (χ0) is 19.0. The Labute approximate surface area is 159 Å². The Balaban J connectivity index is 1.52. The molecule has 7 nitrogen and oxygen atoms in total. The monoisotopic (exact) mass is 390 g/mol. The lowest BCUT2D eigenvalue weighted by atomic mass is 9.99. The van der Waals surface area contributed by atoms with E-state index in [2.05, 4.69) is 14.5 Å². The largest absolute Gasteiger partial charge is 0.338 e. The molecule has 1 saturated heterocycles. The van der Waals surface area contributed by atoms with Gasteiger partial charge in [0.25, 0.3) is 5.91 Å². The van der Waals surface area contributed by atoms with Gasteiger partial charge in [-0.1, -0.05) is 12.8 Å². The molecule has 0 radical (unpaired) electrons. The number of aromatic nitrogens is 3. The lowest BCUT2D eigenvalue weighted by Crippen LogP contribution is -2.41. The van der Waals surface area contributed by atoms with Gasteiger partial charge in [-0.25, -0.2) is 18.4 Å². The third-order valence-electron chi connectivity index (χ3n) is 5.72. The van der Waals surface area contributed by atoms with E-state index in [1.54, 1.807) is 11.1 Å². The predicted octanol–water partition coefficient (Wildman–Crippen LogP) is 2.44. The van der Waals surface area contributed by atoms with Gasteiger partial charge in [-0.05, 0) is 37.7 Å². The smallest absolute Gasteiger partial charge is 0.255 e. The maximum atomic E-state index is 12.9. The summed E-state index contributed by atoms with van der Waals surface area (Å²) in [5.74, 6) is 0.0637. The zero-order valence-corrected chi connectivity index (χ0v) is 16.5. The minimum absolute atomic E-state index is 0.0102. The molecule has 1 saturated carbocycles. The van der Waals surface area contributed by atoms with Gasteiger partial charge in [-0.2, -0.15) is 0 Å². The van der Waals surface area contributed by atoms with E-state index in [0.717, 1.165) is 36.8 Å². The van der Waals surface area contributed by atoms with Crippen molar-refractivity contribution < 1.29 is 13.2 Å². The van der Waals surface area contributed by atoms with Gasteiger partial charge in [-0.15, -0.1) is 0 Å². The van der Waals surface area contributed by atoms with Crippen LogP contribution in [-0.4, -0.2) is 58.9 Å². The molecule has 1 unspecified atom stereocenters. The number of hydrogen-bond acceptors (Lipinski definition) is 5. The van der Waals surface area contributed by atoms with Crippen LogP contribution in [0.15, 0.2) is 18.6 Å². The first-order chi connectivity index (χ1) is 12.9. The van der Waals surface area contributed by atoms with Crippen molar-refractivity contribution in [3.05, 3.63) is 24.2 Å². The number of likely N-dealkylation sites (tertiary alicyclic amines) is 1. The quantitative estimate of drug-likeness (QED) is 0.800. The van der Waals surface area contributed by atoms with Crippen molar-refractivity contribution >= 4 is 26.9 Å². The van der Waals surface area contributed by atoms with Crippen molar-refractivity contribution in [2.45, 2.75) is 44.6 Å². The van der Waals surface area contributed by atoms with Crippen LogP contribution in [0.3, 0.4) is 0 Å². The van der Waals surface area contributed by atoms with Crippen molar-refractivity contribution in [1.82, 2.24) is 19.4 Å². The van der Waals surface area contributed by atoms with E-state index in [0.29, 0.717) is 24.7 Å². The molecule has 0 aromatic carbocycles. The van der Waals surface area contributed by atoms with E-state index < -0.39 is 9.84 Å². The molecule has 0 spiro atoms. The number of pyridine rings is 1. The van der Waals surface area contributed by atoms with E-state index in [4.69, 9.17) is 0 Å². The predicted molar refractivity (Wildman–Crippen MR) is 103 cm³/mol. The molecule has 1 aliphatic carbocycles. The van der Waals surface area contributed by atoms with Crippen LogP contribution in [0.25, 0.3) is 11.2 Å². The SMILES string of the molecule is CS(=O)(=O)CC1CCCN(C(=O)c2cnc3c(c2)ncn3C2CCCC2)C1. The second kappa shape index (κ2) is 7.22. The van der Waals surface area contributed by atoms with Crippen LogP contribution in [0.4, 0.5) is 0 Å². The molecule has 146 valence electrons. The molecule has 27 heavy (non-hydrogen) atoms. The standard InChI is InChI=1S/C19H26N4O3S/c1-27(25,26)12-14-5-4-8-22(11-14)19(24)15-9-17-18(20-10-15)23(13-21-17)16-6-2-3-7-16/h9-10,13-14,16H,2-8,11-12H2,1H3. The maximum absolute atomic E-state index is 12.9. The zero-order valence-electron chi connectivity index (χ0n) is 15.7. The second-order valence-electron chi connectivity index (χ2n) is 8.01. The fraction of sp³-hybridized carbons (Fsp3) is 0.632. The summed E-state index contributed by atoms with van der Waals surface area (Å²) in [6.45, 7) is 1.15. The van der Waals surface area contributed by atoms with Crippen LogP contribution in [-0.2, 0) is 9.84 Å². The van der Waals surface area contributed by atoms with E-state index in [1.165, 1.54) is 19.1 Å². The van der Waals surface area contributed by atoms with Gasteiger partial charge in [-0.3, -0.25) is 4.79 Å². The Kier molecular flexibility index (Phi) is 4.92. The Morgan fingerprint density at radius 2 is 1.96 bits per heavy atom. The van der Waals surface area contributed by atoms with Crippen molar-refractivity contribution in [3.63, 3.8) is 0 Å². The average Bonchev–Trinajstić information content (AvgIpc) is 3.28. The van der Waals surface area contributed by atoms with E-state index in [1.807, 2.05) is 12.4 Å². The second-order valence-corrected chi connectivity index (χ2v) is 10.2. The number of fused-ring (bicyclic) bond motifs is 1. The lowest BCUT2D eigenvalue weighted by molar-refractivity contribution is 0.0684. The Morgan fingerprint density at radius 1 is 1.19 bits per heavy atom. The summed E-state index contributed by atoms with van der Waals surface area (Å²) >= 11 is 0. The third kappa shape index (κ3) is 4.00. The summed E-state index contributed by atoms with van der Waals surface area (Å²) in [5.41, 5.74) is 2.11. The highest BCUT2D eigenvalue weighted by atomic mass is 32.2. The molecule has 0 N–H and O–H groups in total. The number of hydrogen-bond donors (Lipinski definition) is 0. The first-order valence-corrected chi connectivity index (χ1v) is 11.8. The van der Waals surface area contributed by atoms with Crippen LogP contribution >= 0.6 is 0 Å². The summed E-state index contributed by atoms with van der Waals surface area (Å²) in [7, 11) is -3.03. The van der Waals surface area contributed by atoms with E-state index >= 15 is 0 Å². The highest BCUT2D eigenvalue weighted by molar-refractivity contribution is 7.90. The minimum atomic E-state index is -3.03. The Bertz CT molecular complexity index is 947. The van der Waals surface area contributed by atoms with Crippen molar-refractivity contribution in [1.29, 1.82) is 0 Å². The first kappa shape index (κ1) is 18.4. The molecule has 1 aliphatic heterocycles. The van der Waals surface area contributed by atoms with Gasteiger partial charge in [0.2, 0.25) is 0 Å². The summed E-state index contributed by atoms with van der Waals surface area (Å²) in [6, 6.07) is 2.28. The number of imidazole rings is 1. The molecule has 8 heteroatoms. The number of nitrogens with zero attached hydrogens (tertiary/aromatic N) is 4. The van der Waals surface area contributed by atoms with Crippen LogP contribution in [0, 0.1) is 5.92 Å². The number of piperidine rings is 1. The minimum Gasteiger partial charge on any atom is -0.338 e.